The Bertz CT molecular complexity index is 373. The van der Waals surface area contributed by atoms with Gasteiger partial charge in [-0.25, -0.2) is 0 Å². The van der Waals surface area contributed by atoms with Crippen LogP contribution in [0.15, 0.2) is 18.2 Å². The van der Waals surface area contributed by atoms with Crippen LogP contribution in [0.5, 0.6) is 0 Å². The molecule has 1 aromatic carbocycles. The number of aryl methyl sites for hydroxylation is 1. The van der Waals surface area contributed by atoms with E-state index in [1.807, 2.05) is 0 Å². The van der Waals surface area contributed by atoms with Gasteiger partial charge in [0.1, 0.15) is 0 Å². The standard InChI is InChI=1S/C14H22N2/c1-10-4-5-14(13(7-10)8-15)16-9-11(2)6-12(16)3/h4-5,7,11-12H,6,8-9,15H2,1-3H3. The van der Waals surface area contributed by atoms with E-state index in [0.717, 1.165) is 12.5 Å². The molecule has 1 saturated heterocycles. The Labute approximate surface area is 98.4 Å². The van der Waals surface area contributed by atoms with Gasteiger partial charge in [-0.3, -0.25) is 0 Å². The Hall–Kier alpha value is -1.02. The molecule has 1 heterocycles. The van der Waals surface area contributed by atoms with Crippen molar-refractivity contribution in [3.8, 4) is 0 Å². The predicted octanol–water partition coefficient (Wildman–Crippen LogP) is 2.69. The number of nitrogens with two attached hydrogens (primary N) is 1. The summed E-state index contributed by atoms with van der Waals surface area (Å²) in [6, 6.07) is 7.27. The third kappa shape index (κ3) is 2.07. The highest BCUT2D eigenvalue weighted by molar-refractivity contribution is 5.56. The Morgan fingerprint density at radius 2 is 2.12 bits per heavy atom. The van der Waals surface area contributed by atoms with Crippen LogP contribution in [-0.4, -0.2) is 12.6 Å². The first kappa shape index (κ1) is 11.5. The van der Waals surface area contributed by atoms with E-state index >= 15 is 0 Å². The first-order valence-electron chi connectivity index (χ1n) is 6.18. The van der Waals surface area contributed by atoms with Gasteiger partial charge in [0.15, 0.2) is 0 Å². The average molecular weight is 218 g/mol. The zero-order valence-corrected chi connectivity index (χ0v) is 10.5. The molecule has 0 spiro atoms. The van der Waals surface area contributed by atoms with Gasteiger partial charge in [-0.2, -0.15) is 0 Å². The second-order valence-corrected chi connectivity index (χ2v) is 5.18. The molecule has 0 saturated carbocycles. The van der Waals surface area contributed by atoms with Gasteiger partial charge in [0.2, 0.25) is 0 Å². The molecule has 2 atom stereocenters. The molecule has 2 nitrogen and oxygen atoms in total. The lowest BCUT2D eigenvalue weighted by atomic mass is 10.1. The summed E-state index contributed by atoms with van der Waals surface area (Å²) in [4.78, 5) is 2.51. The summed E-state index contributed by atoms with van der Waals surface area (Å²) in [6.45, 7) is 8.56. The van der Waals surface area contributed by atoms with Crippen LogP contribution in [0.2, 0.25) is 0 Å². The van der Waals surface area contributed by atoms with Crippen LogP contribution in [0.3, 0.4) is 0 Å². The number of rotatable bonds is 2. The molecule has 0 aromatic heterocycles. The smallest absolute Gasteiger partial charge is 0.0414 e. The Kier molecular flexibility index (Phi) is 3.20. The predicted molar refractivity (Wildman–Crippen MR) is 69.7 cm³/mol. The third-order valence-electron chi connectivity index (χ3n) is 3.55. The molecule has 1 aliphatic rings. The van der Waals surface area contributed by atoms with Gasteiger partial charge in [0, 0.05) is 24.8 Å². The zero-order valence-electron chi connectivity index (χ0n) is 10.5. The van der Waals surface area contributed by atoms with E-state index in [1.54, 1.807) is 0 Å². The highest BCUT2D eigenvalue weighted by atomic mass is 15.2. The average Bonchev–Trinajstić information content (AvgIpc) is 2.57. The summed E-state index contributed by atoms with van der Waals surface area (Å²) in [5.41, 5.74) is 9.75. The van der Waals surface area contributed by atoms with Crippen LogP contribution in [0.4, 0.5) is 5.69 Å². The topological polar surface area (TPSA) is 29.3 Å². The Morgan fingerprint density at radius 3 is 2.69 bits per heavy atom. The van der Waals surface area contributed by atoms with Crippen molar-refractivity contribution in [3.63, 3.8) is 0 Å². The Morgan fingerprint density at radius 1 is 1.38 bits per heavy atom. The van der Waals surface area contributed by atoms with E-state index in [9.17, 15) is 0 Å². The van der Waals surface area contributed by atoms with Crippen molar-refractivity contribution >= 4 is 5.69 Å². The fraction of sp³-hybridized carbons (Fsp3) is 0.571. The van der Waals surface area contributed by atoms with Crippen LogP contribution >= 0.6 is 0 Å². The van der Waals surface area contributed by atoms with Crippen LogP contribution < -0.4 is 10.6 Å². The molecule has 16 heavy (non-hydrogen) atoms. The molecule has 0 bridgehead atoms. The Balaban J connectivity index is 2.32. The van der Waals surface area contributed by atoms with Crippen LogP contribution in [0.25, 0.3) is 0 Å². The van der Waals surface area contributed by atoms with Gasteiger partial charge in [-0.15, -0.1) is 0 Å². The van der Waals surface area contributed by atoms with Crippen LogP contribution in [0, 0.1) is 12.8 Å². The van der Waals surface area contributed by atoms with Gasteiger partial charge in [-0.1, -0.05) is 24.6 Å². The third-order valence-corrected chi connectivity index (χ3v) is 3.55. The van der Waals surface area contributed by atoms with Crippen molar-refractivity contribution < 1.29 is 0 Å². The molecule has 2 N–H and O–H groups in total. The minimum Gasteiger partial charge on any atom is -0.368 e. The van der Waals surface area contributed by atoms with Crippen molar-refractivity contribution in [2.24, 2.45) is 11.7 Å². The van der Waals surface area contributed by atoms with Crippen molar-refractivity contribution in [1.82, 2.24) is 0 Å². The first-order chi connectivity index (χ1) is 7.61. The zero-order chi connectivity index (χ0) is 11.7. The van der Waals surface area contributed by atoms with Crippen LogP contribution in [0.1, 0.15) is 31.4 Å². The normalized spacial score (nSPS) is 25.1. The quantitative estimate of drug-likeness (QED) is 0.827. The summed E-state index contributed by atoms with van der Waals surface area (Å²) in [5, 5.41) is 0. The minimum atomic E-state index is 0.634. The highest BCUT2D eigenvalue weighted by Crippen LogP contribution is 2.31. The van der Waals surface area contributed by atoms with Crippen molar-refractivity contribution in [2.75, 3.05) is 11.4 Å². The van der Waals surface area contributed by atoms with Gasteiger partial charge in [0.25, 0.3) is 0 Å². The van der Waals surface area contributed by atoms with Gasteiger partial charge in [0.05, 0.1) is 0 Å². The van der Waals surface area contributed by atoms with Crippen molar-refractivity contribution in [1.29, 1.82) is 0 Å². The van der Waals surface area contributed by atoms with Gasteiger partial charge >= 0.3 is 0 Å². The fourth-order valence-electron chi connectivity index (χ4n) is 2.79. The molecule has 1 aromatic rings. The summed E-state index contributed by atoms with van der Waals surface area (Å²) in [5.74, 6) is 0.793. The number of benzene rings is 1. The molecule has 0 aliphatic carbocycles. The van der Waals surface area contributed by atoms with Gasteiger partial charge in [-0.05, 0) is 37.8 Å². The largest absolute Gasteiger partial charge is 0.368 e. The summed E-state index contributed by atoms with van der Waals surface area (Å²) >= 11 is 0. The van der Waals surface area contributed by atoms with E-state index in [-0.39, 0.29) is 0 Å². The minimum absolute atomic E-state index is 0.634. The number of nitrogens with zero attached hydrogens (tertiary/aromatic N) is 1. The molecular weight excluding hydrogens is 196 g/mol. The molecule has 1 fully saturated rings. The molecule has 0 amide bonds. The maximum Gasteiger partial charge on any atom is 0.0414 e. The van der Waals surface area contributed by atoms with Gasteiger partial charge < -0.3 is 10.6 Å². The number of hydrogen-bond donors (Lipinski definition) is 1. The molecule has 0 radical (unpaired) electrons. The highest BCUT2D eigenvalue weighted by Gasteiger charge is 2.27. The lowest BCUT2D eigenvalue weighted by Gasteiger charge is -2.26. The maximum atomic E-state index is 5.84. The molecule has 88 valence electrons. The van der Waals surface area contributed by atoms with Crippen molar-refractivity contribution in [3.05, 3.63) is 29.3 Å². The molecule has 2 unspecified atom stereocenters. The maximum absolute atomic E-state index is 5.84. The fourth-order valence-corrected chi connectivity index (χ4v) is 2.79. The second kappa shape index (κ2) is 4.46. The molecule has 2 rings (SSSR count). The number of anilines is 1. The van der Waals surface area contributed by atoms with Crippen LogP contribution in [-0.2, 0) is 6.54 Å². The molecule has 1 aliphatic heterocycles. The summed E-state index contributed by atoms with van der Waals surface area (Å²) in [6.07, 6.45) is 1.29. The van der Waals surface area contributed by atoms with E-state index in [1.165, 1.54) is 23.2 Å². The van der Waals surface area contributed by atoms with E-state index < -0.39 is 0 Å². The lowest BCUT2D eigenvalue weighted by Crippen LogP contribution is -2.28. The molecule has 2 heteroatoms. The monoisotopic (exact) mass is 218 g/mol. The number of hydrogen-bond acceptors (Lipinski definition) is 2. The van der Waals surface area contributed by atoms with E-state index in [2.05, 4.69) is 43.9 Å². The first-order valence-corrected chi connectivity index (χ1v) is 6.18. The van der Waals surface area contributed by atoms with E-state index in [4.69, 9.17) is 5.73 Å². The molecular formula is C14H22N2. The SMILES string of the molecule is Cc1ccc(N2CC(C)CC2C)c(CN)c1. The van der Waals surface area contributed by atoms with E-state index in [0.29, 0.717) is 12.6 Å². The summed E-state index contributed by atoms with van der Waals surface area (Å²) < 4.78 is 0. The lowest BCUT2D eigenvalue weighted by molar-refractivity contribution is 0.625. The second-order valence-electron chi connectivity index (χ2n) is 5.18. The van der Waals surface area contributed by atoms with Crippen molar-refractivity contribution in [2.45, 2.75) is 39.8 Å². The summed E-state index contributed by atoms with van der Waals surface area (Å²) in [7, 11) is 0.